The molecule has 0 amide bonds. The van der Waals surface area contributed by atoms with Crippen LogP contribution in [0, 0.1) is 18.4 Å². The van der Waals surface area contributed by atoms with Gasteiger partial charge >= 0.3 is 0 Å². The number of benzene rings is 1. The Morgan fingerprint density at radius 3 is 2.40 bits per heavy atom. The average Bonchev–Trinajstić information content (AvgIpc) is 2.30. The van der Waals surface area contributed by atoms with E-state index in [-0.39, 0.29) is 0 Å². The number of hydrogen-bond donors (Lipinski definition) is 0. The van der Waals surface area contributed by atoms with Crippen LogP contribution in [-0.4, -0.2) is 31.1 Å². The summed E-state index contributed by atoms with van der Waals surface area (Å²) in [4.78, 5) is 4.16. The van der Waals surface area contributed by atoms with Gasteiger partial charge in [0.1, 0.15) is 0 Å². The van der Waals surface area contributed by atoms with Crippen molar-refractivity contribution in [3.8, 4) is 6.19 Å². The SMILES string of the molecule is Cc1ccccc1N1CCN(C#N)CC1. The lowest BCUT2D eigenvalue weighted by atomic mass is 10.1. The number of piperazine rings is 1. The Morgan fingerprint density at radius 2 is 1.80 bits per heavy atom. The maximum absolute atomic E-state index is 8.76. The molecule has 1 heterocycles. The first-order valence-corrected chi connectivity index (χ1v) is 5.26. The molecule has 3 nitrogen and oxygen atoms in total. The first kappa shape index (κ1) is 9.85. The normalized spacial score (nSPS) is 16.3. The highest BCUT2D eigenvalue weighted by Crippen LogP contribution is 2.20. The molecule has 2 rings (SSSR count). The minimum absolute atomic E-state index is 0.838. The lowest BCUT2D eigenvalue weighted by Crippen LogP contribution is -2.44. The predicted octanol–water partition coefficient (Wildman–Crippen LogP) is 1.60. The summed E-state index contributed by atoms with van der Waals surface area (Å²) in [5.74, 6) is 0. The largest absolute Gasteiger partial charge is 0.368 e. The van der Waals surface area contributed by atoms with Gasteiger partial charge in [-0.3, -0.25) is 0 Å². The van der Waals surface area contributed by atoms with Crippen LogP contribution in [0.2, 0.25) is 0 Å². The number of nitriles is 1. The van der Waals surface area contributed by atoms with E-state index in [1.807, 2.05) is 4.90 Å². The van der Waals surface area contributed by atoms with E-state index in [4.69, 9.17) is 5.26 Å². The molecular weight excluding hydrogens is 186 g/mol. The van der Waals surface area contributed by atoms with Gasteiger partial charge in [-0.05, 0) is 18.6 Å². The number of hydrogen-bond acceptors (Lipinski definition) is 3. The topological polar surface area (TPSA) is 30.3 Å². The number of aryl methyl sites for hydroxylation is 1. The van der Waals surface area contributed by atoms with Gasteiger partial charge in [0.15, 0.2) is 6.19 Å². The van der Waals surface area contributed by atoms with Crippen molar-refractivity contribution < 1.29 is 0 Å². The molecule has 0 unspecified atom stereocenters. The number of para-hydroxylation sites is 1. The van der Waals surface area contributed by atoms with Crippen LogP contribution in [0.5, 0.6) is 0 Å². The molecular formula is C12H15N3. The van der Waals surface area contributed by atoms with Gasteiger partial charge in [0.25, 0.3) is 0 Å². The van der Waals surface area contributed by atoms with E-state index in [9.17, 15) is 0 Å². The molecule has 1 saturated heterocycles. The molecule has 0 N–H and O–H groups in total. The Morgan fingerprint density at radius 1 is 1.13 bits per heavy atom. The van der Waals surface area contributed by atoms with Crippen LogP contribution in [0.3, 0.4) is 0 Å². The second kappa shape index (κ2) is 4.22. The van der Waals surface area contributed by atoms with Crippen LogP contribution < -0.4 is 4.90 Å². The highest BCUT2D eigenvalue weighted by atomic mass is 15.3. The standard InChI is InChI=1S/C12H15N3/c1-11-4-2-3-5-12(11)15-8-6-14(10-13)7-9-15/h2-5H,6-9H2,1H3. The van der Waals surface area contributed by atoms with E-state index in [1.165, 1.54) is 11.3 Å². The fourth-order valence-corrected chi connectivity index (χ4v) is 1.97. The monoisotopic (exact) mass is 201 g/mol. The lowest BCUT2D eigenvalue weighted by molar-refractivity contribution is 0.363. The third-order valence-electron chi connectivity index (χ3n) is 2.88. The Bertz CT molecular complexity index is 373. The fourth-order valence-electron chi connectivity index (χ4n) is 1.97. The zero-order valence-corrected chi connectivity index (χ0v) is 8.98. The summed E-state index contributed by atoms with van der Waals surface area (Å²) in [5, 5.41) is 8.76. The number of anilines is 1. The molecule has 0 bridgehead atoms. The van der Waals surface area contributed by atoms with Crippen LogP contribution in [0.4, 0.5) is 5.69 Å². The zero-order chi connectivity index (χ0) is 10.7. The second-order valence-corrected chi connectivity index (χ2v) is 3.86. The van der Waals surface area contributed by atoms with Crippen molar-refractivity contribution in [2.24, 2.45) is 0 Å². The van der Waals surface area contributed by atoms with Crippen molar-refractivity contribution in [2.75, 3.05) is 31.1 Å². The Kier molecular flexibility index (Phi) is 2.77. The summed E-state index contributed by atoms with van der Waals surface area (Å²) < 4.78 is 0. The molecule has 0 atom stereocenters. The third-order valence-corrected chi connectivity index (χ3v) is 2.88. The molecule has 0 aliphatic carbocycles. The zero-order valence-electron chi connectivity index (χ0n) is 8.98. The van der Waals surface area contributed by atoms with Crippen molar-refractivity contribution in [3.05, 3.63) is 29.8 Å². The maximum Gasteiger partial charge on any atom is 0.179 e. The molecule has 0 aromatic heterocycles. The molecule has 1 fully saturated rings. The average molecular weight is 201 g/mol. The Labute approximate surface area is 90.5 Å². The van der Waals surface area contributed by atoms with E-state index in [0.29, 0.717) is 0 Å². The van der Waals surface area contributed by atoms with Crippen molar-refractivity contribution in [3.63, 3.8) is 0 Å². The van der Waals surface area contributed by atoms with Gasteiger partial charge in [0.05, 0.1) is 0 Å². The molecule has 1 aliphatic rings. The highest BCUT2D eigenvalue weighted by molar-refractivity contribution is 5.53. The van der Waals surface area contributed by atoms with E-state index in [0.717, 1.165) is 26.2 Å². The molecule has 1 aromatic carbocycles. The fraction of sp³-hybridized carbons (Fsp3) is 0.417. The maximum atomic E-state index is 8.76. The first-order chi connectivity index (χ1) is 7.31. The van der Waals surface area contributed by atoms with Crippen LogP contribution in [0.25, 0.3) is 0 Å². The summed E-state index contributed by atoms with van der Waals surface area (Å²) in [7, 11) is 0. The predicted molar refractivity (Wildman–Crippen MR) is 60.6 cm³/mol. The molecule has 1 aliphatic heterocycles. The van der Waals surface area contributed by atoms with Gasteiger partial charge in [0, 0.05) is 31.9 Å². The summed E-state index contributed by atoms with van der Waals surface area (Å²) in [5.41, 5.74) is 2.61. The van der Waals surface area contributed by atoms with Crippen LogP contribution in [0.15, 0.2) is 24.3 Å². The van der Waals surface area contributed by atoms with Gasteiger partial charge < -0.3 is 9.80 Å². The van der Waals surface area contributed by atoms with Crippen LogP contribution >= 0.6 is 0 Å². The molecule has 15 heavy (non-hydrogen) atoms. The van der Waals surface area contributed by atoms with E-state index < -0.39 is 0 Å². The summed E-state index contributed by atoms with van der Waals surface area (Å²) in [6.45, 7) is 5.69. The minimum atomic E-state index is 0.838. The molecule has 1 aromatic rings. The second-order valence-electron chi connectivity index (χ2n) is 3.86. The Hall–Kier alpha value is -1.69. The minimum Gasteiger partial charge on any atom is -0.368 e. The summed E-state index contributed by atoms with van der Waals surface area (Å²) in [6.07, 6.45) is 2.20. The smallest absolute Gasteiger partial charge is 0.179 e. The van der Waals surface area contributed by atoms with E-state index >= 15 is 0 Å². The van der Waals surface area contributed by atoms with Gasteiger partial charge in [-0.2, -0.15) is 5.26 Å². The number of rotatable bonds is 1. The summed E-state index contributed by atoms with van der Waals surface area (Å²) >= 11 is 0. The van der Waals surface area contributed by atoms with Crippen molar-refractivity contribution in [1.29, 1.82) is 5.26 Å². The highest BCUT2D eigenvalue weighted by Gasteiger charge is 2.16. The van der Waals surface area contributed by atoms with Crippen LogP contribution in [-0.2, 0) is 0 Å². The Balaban J connectivity index is 2.08. The van der Waals surface area contributed by atoms with Gasteiger partial charge in [0.2, 0.25) is 0 Å². The third kappa shape index (κ3) is 2.04. The quantitative estimate of drug-likeness (QED) is 0.646. The van der Waals surface area contributed by atoms with Crippen LogP contribution in [0.1, 0.15) is 5.56 Å². The van der Waals surface area contributed by atoms with Crippen molar-refractivity contribution >= 4 is 5.69 Å². The number of nitrogens with zero attached hydrogens (tertiary/aromatic N) is 3. The van der Waals surface area contributed by atoms with Gasteiger partial charge in [-0.1, -0.05) is 18.2 Å². The summed E-state index contributed by atoms with van der Waals surface area (Å²) in [6, 6.07) is 8.41. The van der Waals surface area contributed by atoms with Crippen molar-refractivity contribution in [2.45, 2.75) is 6.92 Å². The first-order valence-electron chi connectivity index (χ1n) is 5.26. The molecule has 3 heteroatoms. The van der Waals surface area contributed by atoms with Crippen molar-refractivity contribution in [1.82, 2.24) is 4.90 Å². The molecule has 0 saturated carbocycles. The van der Waals surface area contributed by atoms with E-state index in [2.05, 4.69) is 42.3 Å². The molecule has 78 valence electrons. The lowest BCUT2D eigenvalue weighted by Gasteiger charge is -2.34. The van der Waals surface area contributed by atoms with Gasteiger partial charge in [-0.25, -0.2) is 0 Å². The van der Waals surface area contributed by atoms with Gasteiger partial charge in [-0.15, -0.1) is 0 Å². The molecule has 0 spiro atoms. The van der Waals surface area contributed by atoms with E-state index in [1.54, 1.807) is 0 Å². The molecule has 0 radical (unpaired) electrons.